The van der Waals surface area contributed by atoms with E-state index >= 15 is 0 Å². The van der Waals surface area contributed by atoms with Crippen LogP contribution in [0.3, 0.4) is 0 Å². The Morgan fingerprint density at radius 1 is 0.929 bits per heavy atom. The van der Waals surface area contributed by atoms with Crippen molar-refractivity contribution in [2.24, 2.45) is 16.1 Å². The van der Waals surface area contributed by atoms with Crippen LogP contribution in [-0.4, -0.2) is 47.0 Å². The number of azo groups is 1. The van der Waals surface area contributed by atoms with E-state index in [4.69, 9.17) is 31.5 Å². The molecule has 3 aromatic carbocycles. The number of nitrogens with one attached hydrogen (secondary N) is 1. The molecule has 1 saturated carbocycles. The van der Waals surface area contributed by atoms with E-state index < -0.39 is 12.1 Å². The Bertz CT molecular complexity index is 1460. The van der Waals surface area contributed by atoms with Gasteiger partial charge >= 0.3 is 0 Å². The summed E-state index contributed by atoms with van der Waals surface area (Å²) in [5, 5.41) is 24.1. The van der Waals surface area contributed by atoms with Crippen molar-refractivity contribution >= 4 is 34.7 Å². The molecule has 1 fully saturated rings. The lowest BCUT2D eigenvalue weighted by Crippen LogP contribution is -2.35. The molecule has 0 radical (unpaired) electrons. The zero-order chi connectivity index (χ0) is 29.3. The first-order valence-corrected chi connectivity index (χ1v) is 14.0. The van der Waals surface area contributed by atoms with Gasteiger partial charge in [0.15, 0.2) is 11.5 Å². The number of ether oxygens (including phenoxy) is 3. The minimum atomic E-state index is -0.815. The molecule has 5 rings (SSSR count). The van der Waals surface area contributed by atoms with Crippen LogP contribution in [0.25, 0.3) is 0 Å². The molecule has 42 heavy (non-hydrogen) atoms. The lowest BCUT2D eigenvalue weighted by molar-refractivity contribution is -0.0463. The summed E-state index contributed by atoms with van der Waals surface area (Å²) in [6.45, 7) is 1.16. The number of hydrogen-bond donors (Lipinski definition) is 3. The van der Waals surface area contributed by atoms with E-state index in [9.17, 15) is 5.11 Å². The van der Waals surface area contributed by atoms with Gasteiger partial charge in [0.25, 0.3) is 0 Å². The maximum absolute atomic E-state index is 11.5. The summed E-state index contributed by atoms with van der Waals surface area (Å²) in [6, 6.07) is 26.3. The third kappa shape index (κ3) is 7.59. The smallest absolute Gasteiger partial charge is 0.248 e. The van der Waals surface area contributed by atoms with E-state index in [0.29, 0.717) is 37.0 Å². The van der Waals surface area contributed by atoms with E-state index in [1.54, 1.807) is 24.3 Å². The first-order valence-electron chi connectivity index (χ1n) is 13.6. The number of aromatic nitrogens is 2. The Labute approximate surface area is 249 Å². The molecule has 1 aliphatic rings. The van der Waals surface area contributed by atoms with Gasteiger partial charge in [-0.2, -0.15) is 15.1 Å². The number of nitrogen functional groups attached to an aromatic ring is 1. The molecular weight excluding hydrogens is 559 g/mol. The van der Waals surface area contributed by atoms with Crippen LogP contribution >= 0.6 is 11.6 Å². The molecule has 0 aliphatic heterocycles. The Kier molecular flexibility index (Phi) is 9.94. The second kappa shape index (κ2) is 14.2. The second-order valence-electron chi connectivity index (χ2n) is 9.94. The van der Waals surface area contributed by atoms with Crippen LogP contribution < -0.4 is 15.8 Å². The molecule has 0 saturated heterocycles. The molecule has 0 unspecified atom stereocenters. The van der Waals surface area contributed by atoms with Crippen molar-refractivity contribution in [2.45, 2.75) is 37.9 Å². The van der Waals surface area contributed by atoms with E-state index in [2.05, 4.69) is 25.5 Å². The zero-order valence-corrected chi connectivity index (χ0v) is 23.9. The number of nitrogens with zero attached hydrogens (tertiary/aromatic N) is 4. The van der Waals surface area contributed by atoms with Gasteiger partial charge in [0.2, 0.25) is 11.8 Å². The molecule has 1 aliphatic carbocycles. The van der Waals surface area contributed by atoms with Gasteiger partial charge in [-0.1, -0.05) is 72.3 Å². The molecule has 4 atom stereocenters. The highest BCUT2D eigenvalue weighted by molar-refractivity contribution is 6.30. The summed E-state index contributed by atoms with van der Waals surface area (Å²) in [7, 11) is 1.46. The molecule has 1 aromatic heterocycles. The van der Waals surface area contributed by atoms with Crippen LogP contribution in [0.1, 0.15) is 17.5 Å². The molecule has 0 spiro atoms. The predicted octanol–water partition coefficient (Wildman–Crippen LogP) is 6.10. The van der Waals surface area contributed by atoms with Gasteiger partial charge in [-0.3, -0.25) is 0 Å². The summed E-state index contributed by atoms with van der Waals surface area (Å²) in [5.74, 6) is 0.130. The molecule has 218 valence electrons. The van der Waals surface area contributed by atoms with Crippen LogP contribution in [0.5, 0.6) is 5.88 Å². The summed E-state index contributed by atoms with van der Waals surface area (Å²) >= 11 is 5.99. The van der Waals surface area contributed by atoms with Gasteiger partial charge in [0.1, 0.15) is 0 Å². The van der Waals surface area contributed by atoms with Crippen molar-refractivity contribution in [3.63, 3.8) is 0 Å². The zero-order valence-electron chi connectivity index (χ0n) is 23.1. The number of rotatable bonds is 12. The summed E-state index contributed by atoms with van der Waals surface area (Å²) in [4.78, 5) is 8.53. The highest BCUT2D eigenvalue weighted by Gasteiger charge is 2.44. The van der Waals surface area contributed by atoms with Crippen LogP contribution in [0.2, 0.25) is 5.02 Å². The Morgan fingerprint density at radius 2 is 1.60 bits per heavy atom. The van der Waals surface area contributed by atoms with Gasteiger partial charge in [0.05, 0.1) is 50.9 Å². The summed E-state index contributed by atoms with van der Waals surface area (Å²) < 4.78 is 17.8. The SMILES string of the molecule is CO[13c]1nc(N)n[13c](N[C@H]2C[C@H](OCc3ccccc3)[C@@H](COCc3ccccc3)[C@H]2O)c1[15N]=Nc1ccc(Cl)cc1. The van der Waals surface area contributed by atoms with E-state index in [0.717, 1.165) is 11.1 Å². The average molecular weight is 592 g/mol. The van der Waals surface area contributed by atoms with E-state index in [-0.39, 0.29) is 35.4 Å². The third-order valence-electron chi connectivity index (χ3n) is 7.02. The molecular formula is C31H33ClN6O4. The molecule has 4 aromatic rings. The number of nitrogens with two attached hydrogens (primary N) is 1. The van der Waals surface area contributed by atoms with Gasteiger partial charge in [-0.05, 0) is 41.8 Å². The first-order chi connectivity index (χ1) is 20.5. The van der Waals surface area contributed by atoms with Gasteiger partial charge in [0, 0.05) is 10.9 Å². The monoisotopic (exact) mass is 591 g/mol. The normalized spacial score (nSPS) is 20.2. The predicted molar refractivity (Wildman–Crippen MR) is 161 cm³/mol. The molecule has 0 bridgehead atoms. The maximum Gasteiger partial charge on any atom is 0.248 e. The standard InChI is InChI=1S/C31H33ClN6O4/c1-40-30-27(38-37-23-14-12-22(32)13-15-23)29(35-31(33)36-30)34-25-16-26(42-18-21-10-6-3-7-11-21)24(28(25)39)19-41-17-20-8-4-2-5-9-20/h2-15,24-26,28,39H,16-19H2,1H3,(H3,33,34,35,36)/t24-,25+,26+,28-/m1/s1/i29+1,30+1,38+1. The maximum atomic E-state index is 11.5. The number of benzene rings is 3. The fourth-order valence-corrected chi connectivity index (χ4v) is 4.99. The van der Waals surface area contributed by atoms with Crippen molar-refractivity contribution in [3.8, 4) is 5.88 Å². The third-order valence-corrected chi connectivity index (χ3v) is 7.27. The molecule has 4 N–H and O–H groups in total. The van der Waals surface area contributed by atoms with Crippen molar-refractivity contribution in [3.05, 3.63) is 101 Å². The van der Waals surface area contributed by atoms with Crippen LogP contribution in [0, 0.1) is 5.92 Å². The minimum absolute atomic E-state index is 0.00750. The van der Waals surface area contributed by atoms with Gasteiger partial charge in [-0.15, -0.1) is 5.11 Å². The van der Waals surface area contributed by atoms with E-state index in [1.165, 1.54) is 7.11 Å². The topological polar surface area (TPSA) is 136 Å². The van der Waals surface area contributed by atoms with Crippen LogP contribution in [0.15, 0.2) is 95.2 Å². The lowest BCUT2D eigenvalue weighted by Gasteiger charge is -2.23. The molecule has 10 nitrogen and oxygen atoms in total. The number of hydrogen-bond acceptors (Lipinski definition) is 10. The Balaban J connectivity index is 1.35. The number of halogens is 1. The Hall–Kier alpha value is -4.09. The highest BCUT2D eigenvalue weighted by atomic mass is 35.5. The second-order valence-corrected chi connectivity index (χ2v) is 10.4. The fraction of sp³-hybridized carbons (Fsp3) is 0.290. The molecule has 11 heteroatoms. The number of anilines is 2. The largest absolute Gasteiger partial charge is 0.479 e. The number of methoxy groups -OCH3 is 1. The molecule has 1 heterocycles. The van der Waals surface area contributed by atoms with Crippen molar-refractivity contribution in [1.82, 2.24) is 9.97 Å². The van der Waals surface area contributed by atoms with Crippen LogP contribution in [-0.2, 0) is 22.7 Å². The summed E-state index contributed by atoms with van der Waals surface area (Å²) in [6.07, 6.45) is -0.605. The highest BCUT2D eigenvalue weighted by Crippen LogP contribution is 2.38. The number of aliphatic hydroxyl groups excluding tert-OH is 1. The average Bonchev–Trinajstić information content (AvgIpc) is 3.30. The van der Waals surface area contributed by atoms with Crippen molar-refractivity contribution < 1.29 is 19.3 Å². The van der Waals surface area contributed by atoms with Crippen LogP contribution in [0.4, 0.5) is 23.1 Å². The minimum Gasteiger partial charge on any atom is -0.479 e. The lowest BCUT2D eigenvalue weighted by atomic mass is 10.0. The number of aliphatic hydroxyl groups is 1. The van der Waals surface area contributed by atoms with E-state index in [1.807, 2.05) is 60.7 Å². The quantitative estimate of drug-likeness (QED) is 0.133. The van der Waals surface area contributed by atoms with Crippen molar-refractivity contribution in [1.29, 1.82) is 0 Å². The van der Waals surface area contributed by atoms with Crippen molar-refractivity contribution in [2.75, 3.05) is 24.8 Å². The molecule has 0 amide bonds. The van der Waals surface area contributed by atoms with Gasteiger partial charge in [-0.25, -0.2) is 0 Å². The Morgan fingerprint density at radius 3 is 2.26 bits per heavy atom. The summed E-state index contributed by atoms with van der Waals surface area (Å²) in [5.41, 5.74) is 8.92. The first kappa shape index (κ1) is 29.4. The fourth-order valence-electron chi connectivity index (χ4n) is 4.86. The van der Waals surface area contributed by atoms with Gasteiger partial charge < -0.3 is 30.4 Å².